The zero-order valence-corrected chi connectivity index (χ0v) is 10.7. The molecule has 3 N–H and O–H groups in total. The molecule has 4 nitrogen and oxygen atoms in total. The van der Waals surface area contributed by atoms with Gasteiger partial charge in [0.25, 0.3) is 0 Å². The molecule has 6 heteroatoms. The standard InChI is InChI=1S/C11H15BClNO3/c1-11(2,3)10(15)14-9-6-7(13)4-5-8(9)12(16)17/h4-6,16-17H,1-3H3,(H,14,15). The van der Waals surface area contributed by atoms with Crippen LogP contribution < -0.4 is 10.8 Å². The second-order valence-corrected chi connectivity index (χ2v) is 5.25. The minimum atomic E-state index is -1.65. The summed E-state index contributed by atoms with van der Waals surface area (Å²) in [6, 6.07) is 4.48. The molecule has 0 fully saturated rings. The topological polar surface area (TPSA) is 69.6 Å². The molecule has 1 amide bonds. The molecule has 0 heterocycles. The molecule has 0 aliphatic carbocycles. The van der Waals surface area contributed by atoms with E-state index in [1.165, 1.54) is 18.2 Å². The summed E-state index contributed by atoms with van der Waals surface area (Å²) in [5, 5.41) is 21.4. The highest BCUT2D eigenvalue weighted by Crippen LogP contribution is 2.19. The molecule has 0 saturated carbocycles. The molecule has 1 aromatic rings. The third kappa shape index (κ3) is 3.73. The molecule has 0 aliphatic rings. The van der Waals surface area contributed by atoms with Gasteiger partial charge in [0, 0.05) is 21.6 Å². The van der Waals surface area contributed by atoms with Crippen molar-refractivity contribution in [1.29, 1.82) is 0 Å². The Bertz CT molecular complexity index is 429. The molecule has 1 rings (SSSR count). The summed E-state index contributed by atoms with van der Waals surface area (Å²) >= 11 is 5.80. The van der Waals surface area contributed by atoms with Gasteiger partial charge in [0.1, 0.15) is 0 Å². The van der Waals surface area contributed by atoms with Gasteiger partial charge in [-0.05, 0) is 12.1 Å². The van der Waals surface area contributed by atoms with Gasteiger partial charge in [0.2, 0.25) is 5.91 Å². The number of hydrogen-bond donors (Lipinski definition) is 3. The van der Waals surface area contributed by atoms with Gasteiger partial charge in [-0.1, -0.05) is 38.4 Å². The maximum atomic E-state index is 11.8. The lowest BCUT2D eigenvalue weighted by Crippen LogP contribution is -2.36. The average Bonchev–Trinajstić information content (AvgIpc) is 2.15. The summed E-state index contributed by atoms with van der Waals surface area (Å²) in [6.07, 6.45) is 0. The summed E-state index contributed by atoms with van der Waals surface area (Å²) < 4.78 is 0. The number of hydrogen-bond acceptors (Lipinski definition) is 3. The molecule has 0 unspecified atom stereocenters. The minimum Gasteiger partial charge on any atom is -0.423 e. The van der Waals surface area contributed by atoms with Crippen LogP contribution in [0.3, 0.4) is 0 Å². The van der Waals surface area contributed by atoms with Crippen LogP contribution >= 0.6 is 11.6 Å². The molecule has 17 heavy (non-hydrogen) atoms. The van der Waals surface area contributed by atoms with E-state index in [0.29, 0.717) is 10.7 Å². The second kappa shape index (κ2) is 5.08. The molecule has 0 saturated heterocycles. The Morgan fingerprint density at radius 2 is 1.94 bits per heavy atom. The van der Waals surface area contributed by atoms with Gasteiger partial charge >= 0.3 is 7.12 Å². The van der Waals surface area contributed by atoms with Crippen molar-refractivity contribution >= 4 is 35.8 Å². The molecule has 92 valence electrons. The van der Waals surface area contributed by atoms with Crippen LogP contribution in [0.25, 0.3) is 0 Å². The van der Waals surface area contributed by atoms with Crippen molar-refractivity contribution in [2.75, 3.05) is 5.32 Å². The fourth-order valence-electron chi connectivity index (χ4n) is 1.17. The fraction of sp³-hybridized carbons (Fsp3) is 0.364. The smallest absolute Gasteiger partial charge is 0.423 e. The first-order chi connectivity index (χ1) is 7.71. The number of benzene rings is 1. The largest absolute Gasteiger partial charge is 0.490 e. The minimum absolute atomic E-state index is 0.215. The van der Waals surface area contributed by atoms with E-state index in [1.54, 1.807) is 20.8 Å². The van der Waals surface area contributed by atoms with Gasteiger partial charge in [-0.25, -0.2) is 0 Å². The van der Waals surface area contributed by atoms with Crippen LogP contribution in [0.1, 0.15) is 20.8 Å². The van der Waals surface area contributed by atoms with Crippen molar-refractivity contribution < 1.29 is 14.8 Å². The van der Waals surface area contributed by atoms with Crippen molar-refractivity contribution in [1.82, 2.24) is 0 Å². The monoisotopic (exact) mass is 255 g/mol. The van der Waals surface area contributed by atoms with Crippen molar-refractivity contribution in [2.24, 2.45) is 5.41 Å². The SMILES string of the molecule is CC(C)(C)C(=O)Nc1cc(Cl)ccc1B(O)O. The average molecular weight is 256 g/mol. The van der Waals surface area contributed by atoms with Crippen molar-refractivity contribution in [3.8, 4) is 0 Å². The molecule has 0 atom stereocenters. The van der Waals surface area contributed by atoms with E-state index < -0.39 is 12.5 Å². The highest BCUT2D eigenvalue weighted by atomic mass is 35.5. The van der Waals surface area contributed by atoms with E-state index >= 15 is 0 Å². The number of rotatable bonds is 2. The van der Waals surface area contributed by atoms with E-state index in [4.69, 9.17) is 11.6 Å². The van der Waals surface area contributed by atoms with E-state index in [-0.39, 0.29) is 11.4 Å². The number of nitrogens with one attached hydrogen (secondary N) is 1. The maximum Gasteiger partial charge on any atom is 0.490 e. The molecule has 0 aliphatic heterocycles. The van der Waals surface area contributed by atoms with Crippen LogP contribution in [-0.4, -0.2) is 23.1 Å². The first-order valence-electron chi connectivity index (χ1n) is 5.19. The van der Waals surface area contributed by atoms with Gasteiger partial charge in [-0.15, -0.1) is 0 Å². The third-order valence-corrected chi connectivity index (χ3v) is 2.46. The van der Waals surface area contributed by atoms with E-state index in [2.05, 4.69) is 5.32 Å². The Kier molecular flexibility index (Phi) is 4.19. The van der Waals surface area contributed by atoms with Gasteiger partial charge < -0.3 is 15.4 Å². The van der Waals surface area contributed by atoms with Crippen molar-refractivity contribution in [3.63, 3.8) is 0 Å². The summed E-state index contributed by atoms with van der Waals surface area (Å²) in [4.78, 5) is 11.8. The second-order valence-electron chi connectivity index (χ2n) is 4.81. The Morgan fingerprint density at radius 3 is 2.41 bits per heavy atom. The van der Waals surface area contributed by atoms with Crippen LogP contribution in [-0.2, 0) is 4.79 Å². The van der Waals surface area contributed by atoms with Crippen molar-refractivity contribution in [3.05, 3.63) is 23.2 Å². The van der Waals surface area contributed by atoms with E-state index in [0.717, 1.165) is 0 Å². The normalized spacial score (nSPS) is 11.2. The molecular formula is C11H15BClNO3. The van der Waals surface area contributed by atoms with Gasteiger partial charge in [0.05, 0.1) is 0 Å². The number of halogens is 1. The lowest BCUT2D eigenvalue weighted by molar-refractivity contribution is -0.123. The summed E-state index contributed by atoms with van der Waals surface area (Å²) in [6.45, 7) is 5.30. The first-order valence-corrected chi connectivity index (χ1v) is 5.56. The Labute approximate surface area is 106 Å². The molecule has 1 aromatic carbocycles. The number of carbonyl (C=O) groups excluding carboxylic acids is 1. The molecule has 0 aromatic heterocycles. The number of carbonyl (C=O) groups is 1. The van der Waals surface area contributed by atoms with Crippen LogP contribution in [0, 0.1) is 5.41 Å². The Hall–Kier alpha value is -1.04. The predicted molar refractivity (Wildman–Crippen MR) is 69.4 cm³/mol. The van der Waals surface area contributed by atoms with E-state index in [1.807, 2.05) is 0 Å². The predicted octanol–water partition coefficient (Wildman–Crippen LogP) is 1.00. The van der Waals surface area contributed by atoms with Crippen LogP contribution in [0.15, 0.2) is 18.2 Å². The van der Waals surface area contributed by atoms with Crippen molar-refractivity contribution in [2.45, 2.75) is 20.8 Å². The number of amides is 1. The van der Waals surface area contributed by atoms with Gasteiger partial charge in [0.15, 0.2) is 0 Å². The van der Waals surface area contributed by atoms with Gasteiger partial charge in [-0.3, -0.25) is 4.79 Å². The van der Waals surface area contributed by atoms with Crippen LogP contribution in [0.4, 0.5) is 5.69 Å². The maximum absolute atomic E-state index is 11.8. The lowest BCUT2D eigenvalue weighted by atomic mass is 9.79. The summed E-state index contributed by atoms with van der Waals surface area (Å²) in [5.41, 5.74) is -0.0422. The highest BCUT2D eigenvalue weighted by Gasteiger charge is 2.24. The zero-order valence-electron chi connectivity index (χ0n) is 9.99. The fourth-order valence-corrected chi connectivity index (χ4v) is 1.34. The molecular weight excluding hydrogens is 240 g/mol. The Morgan fingerprint density at radius 1 is 1.35 bits per heavy atom. The highest BCUT2D eigenvalue weighted by molar-refractivity contribution is 6.61. The first kappa shape index (κ1) is 14.0. The quantitative estimate of drug-likeness (QED) is 0.691. The third-order valence-electron chi connectivity index (χ3n) is 2.22. The molecule has 0 radical (unpaired) electrons. The zero-order chi connectivity index (χ0) is 13.2. The van der Waals surface area contributed by atoms with Gasteiger partial charge in [-0.2, -0.15) is 0 Å². The summed E-state index contributed by atoms with van der Waals surface area (Å²) in [5.74, 6) is -0.221. The lowest BCUT2D eigenvalue weighted by Gasteiger charge is -2.19. The summed E-state index contributed by atoms with van der Waals surface area (Å²) in [7, 11) is -1.65. The van der Waals surface area contributed by atoms with E-state index in [9.17, 15) is 14.8 Å². The molecule has 0 bridgehead atoms. The molecule has 0 spiro atoms. The van der Waals surface area contributed by atoms with Crippen LogP contribution in [0.2, 0.25) is 5.02 Å². The Balaban J connectivity index is 3.05. The van der Waals surface area contributed by atoms with Crippen LogP contribution in [0.5, 0.6) is 0 Å². The number of anilines is 1.